The van der Waals surface area contributed by atoms with Crippen molar-refractivity contribution in [2.24, 2.45) is 0 Å². The molecule has 1 aromatic carbocycles. The number of halogens is 3. The highest BCUT2D eigenvalue weighted by Gasteiger charge is 2.10. The topological polar surface area (TPSA) is 63.0 Å². The molecular formula is C11H11F3N4O. The third kappa shape index (κ3) is 3.22. The Balaban J connectivity index is 2.01. The Labute approximate surface area is 106 Å². The lowest BCUT2D eigenvalue weighted by molar-refractivity contribution is 0.268. The molecule has 0 radical (unpaired) electrons. The number of hydrogen-bond donors (Lipinski definition) is 2. The molecule has 19 heavy (non-hydrogen) atoms. The molecule has 1 heterocycles. The van der Waals surface area contributed by atoms with Crippen LogP contribution in [0.15, 0.2) is 18.3 Å². The molecule has 102 valence electrons. The first-order chi connectivity index (χ1) is 9.10. The van der Waals surface area contributed by atoms with Crippen molar-refractivity contribution in [2.75, 3.05) is 11.9 Å². The Morgan fingerprint density at radius 2 is 1.89 bits per heavy atom. The number of nitrogens with zero attached hydrogens (tertiary/aromatic N) is 3. The van der Waals surface area contributed by atoms with Crippen LogP contribution in [-0.2, 0) is 13.1 Å². The molecule has 8 heteroatoms. The molecule has 2 aromatic rings. The molecule has 0 saturated heterocycles. The highest BCUT2D eigenvalue weighted by atomic mass is 19.2. The lowest BCUT2D eigenvalue weighted by atomic mass is 10.3. The van der Waals surface area contributed by atoms with Crippen molar-refractivity contribution in [3.8, 4) is 0 Å². The average Bonchev–Trinajstić information content (AvgIpc) is 2.81. The first-order valence-electron chi connectivity index (χ1n) is 5.48. The smallest absolute Gasteiger partial charge is 0.194 e. The second kappa shape index (κ2) is 5.70. The summed E-state index contributed by atoms with van der Waals surface area (Å²) in [4.78, 5) is 0. The van der Waals surface area contributed by atoms with Gasteiger partial charge in [0.25, 0.3) is 0 Å². The van der Waals surface area contributed by atoms with Crippen LogP contribution in [0.1, 0.15) is 5.69 Å². The molecule has 0 fully saturated rings. The Morgan fingerprint density at radius 1 is 1.21 bits per heavy atom. The quantitative estimate of drug-likeness (QED) is 0.805. The van der Waals surface area contributed by atoms with Gasteiger partial charge in [0, 0.05) is 17.8 Å². The van der Waals surface area contributed by atoms with Gasteiger partial charge in [0.1, 0.15) is 5.69 Å². The van der Waals surface area contributed by atoms with E-state index in [0.717, 1.165) is 12.1 Å². The third-order valence-electron chi connectivity index (χ3n) is 2.37. The largest absolute Gasteiger partial charge is 0.394 e. The number of aromatic nitrogens is 3. The highest BCUT2D eigenvalue weighted by molar-refractivity contribution is 5.44. The summed E-state index contributed by atoms with van der Waals surface area (Å²) in [5.74, 6) is -4.02. The van der Waals surface area contributed by atoms with E-state index in [9.17, 15) is 13.2 Å². The third-order valence-corrected chi connectivity index (χ3v) is 2.37. The number of nitrogens with one attached hydrogen (secondary N) is 1. The maximum absolute atomic E-state index is 13.0. The Morgan fingerprint density at radius 3 is 2.53 bits per heavy atom. The fourth-order valence-corrected chi connectivity index (χ4v) is 1.48. The predicted octanol–water partition coefficient (Wildman–Crippen LogP) is 1.30. The number of aliphatic hydroxyl groups excluding tert-OH is 1. The molecule has 0 atom stereocenters. The zero-order valence-electron chi connectivity index (χ0n) is 9.78. The van der Waals surface area contributed by atoms with Gasteiger partial charge in [-0.3, -0.25) is 0 Å². The maximum Gasteiger partial charge on any atom is 0.194 e. The molecule has 0 unspecified atom stereocenters. The van der Waals surface area contributed by atoms with Crippen molar-refractivity contribution < 1.29 is 18.3 Å². The first-order valence-corrected chi connectivity index (χ1v) is 5.48. The van der Waals surface area contributed by atoms with Crippen LogP contribution in [0.25, 0.3) is 0 Å². The van der Waals surface area contributed by atoms with Crippen molar-refractivity contribution in [2.45, 2.75) is 13.1 Å². The van der Waals surface area contributed by atoms with Crippen LogP contribution in [0, 0.1) is 17.5 Å². The molecule has 0 amide bonds. The molecule has 2 rings (SSSR count). The number of benzene rings is 1. The molecule has 0 spiro atoms. The van der Waals surface area contributed by atoms with E-state index in [1.807, 2.05) is 0 Å². The standard InChI is InChI=1S/C11H11F3N4O/c12-9-3-7(4-10(13)11(9)14)15-5-8-6-18(1-2-19)17-16-8/h3-4,6,15,19H,1-2,5H2. The summed E-state index contributed by atoms with van der Waals surface area (Å²) in [7, 11) is 0. The number of hydrogen-bond acceptors (Lipinski definition) is 4. The second-order valence-corrected chi connectivity index (χ2v) is 3.80. The van der Waals surface area contributed by atoms with Crippen LogP contribution in [0.2, 0.25) is 0 Å². The fraction of sp³-hybridized carbons (Fsp3) is 0.273. The minimum Gasteiger partial charge on any atom is -0.394 e. The average molecular weight is 272 g/mol. The van der Waals surface area contributed by atoms with Gasteiger partial charge in [-0.25, -0.2) is 17.9 Å². The first kappa shape index (κ1) is 13.3. The van der Waals surface area contributed by atoms with Gasteiger partial charge in [0.05, 0.1) is 25.9 Å². The predicted molar refractivity (Wildman–Crippen MR) is 60.8 cm³/mol. The van der Waals surface area contributed by atoms with Crippen LogP contribution in [0.4, 0.5) is 18.9 Å². The minimum atomic E-state index is -1.50. The van der Waals surface area contributed by atoms with Gasteiger partial charge >= 0.3 is 0 Å². The lowest BCUT2D eigenvalue weighted by Crippen LogP contribution is -2.03. The van der Waals surface area contributed by atoms with Crippen molar-refractivity contribution >= 4 is 5.69 Å². The zero-order chi connectivity index (χ0) is 13.8. The molecule has 0 aliphatic carbocycles. The van der Waals surface area contributed by atoms with E-state index in [4.69, 9.17) is 5.11 Å². The highest BCUT2D eigenvalue weighted by Crippen LogP contribution is 2.17. The van der Waals surface area contributed by atoms with E-state index in [1.54, 1.807) is 6.20 Å². The van der Waals surface area contributed by atoms with E-state index < -0.39 is 17.5 Å². The molecule has 1 aromatic heterocycles. The minimum absolute atomic E-state index is 0.0649. The number of rotatable bonds is 5. The van der Waals surface area contributed by atoms with Gasteiger partial charge < -0.3 is 10.4 Å². The van der Waals surface area contributed by atoms with E-state index in [1.165, 1.54) is 4.68 Å². The van der Waals surface area contributed by atoms with E-state index in [0.29, 0.717) is 12.2 Å². The summed E-state index contributed by atoms with van der Waals surface area (Å²) in [6.07, 6.45) is 1.58. The monoisotopic (exact) mass is 272 g/mol. The Bertz CT molecular complexity index is 550. The van der Waals surface area contributed by atoms with Gasteiger partial charge in [-0.2, -0.15) is 0 Å². The number of aliphatic hydroxyl groups is 1. The normalized spacial score (nSPS) is 10.7. The fourth-order valence-electron chi connectivity index (χ4n) is 1.48. The Kier molecular flexibility index (Phi) is 4.00. The molecular weight excluding hydrogens is 261 g/mol. The molecule has 2 N–H and O–H groups in total. The Hall–Kier alpha value is -2.09. The van der Waals surface area contributed by atoms with Gasteiger partial charge in [0.2, 0.25) is 0 Å². The van der Waals surface area contributed by atoms with E-state index >= 15 is 0 Å². The summed E-state index contributed by atoms with van der Waals surface area (Å²) in [5.41, 5.74) is 0.631. The zero-order valence-corrected chi connectivity index (χ0v) is 9.78. The molecule has 0 aliphatic heterocycles. The van der Waals surface area contributed by atoms with Crippen LogP contribution >= 0.6 is 0 Å². The van der Waals surface area contributed by atoms with Crippen molar-refractivity contribution in [1.29, 1.82) is 0 Å². The molecule has 0 aliphatic rings. The van der Waals surface area contributed by atoms with Crippen LogP contribution < -0.4 is 5.32 Å². The molecule has 5 nitrogen and oxygen atoms in total. The van der Waals surface area contributed by atoms with Crippen LogP contribution in [0.3, 0.4) is 0 Å². The van der Waals surface area contributed by atoms with Gasteiger partial charge in [0.15, 0.2) is 17.5 Å². The van der Waals surface area contributed by atoms with Gasteiger partial charge in [-0.1, -0.05) is 5.21 Å². The summed E-state index contributed by atoms with van der Waals surface area (Å²) in [5, 5.41) is 18.9. The van der Waals surface area contributed by atoms with E-state index in [-0.39, 0.29) is 18.8 Å². The van der Waals surface area contributed by atoms with Gasteiger partial charge in [-0.05, 0) is 0 Å². The maximum atomic E-state index is 13.0. The SMILES string of the molecule is OCCn1cc(CNc2cc(F)c(F)c(F)c2)nn1. The summed E-state index contributed by atoms with van der Waals surface area (Å²) in [6.45, 7) is 0.424. The summed E-state index contributed by atoms with van der Waals surface area (Å²) < 4.78 is 40.1. The van der Waals surface area contributed by atoms with Crippen LogP contribution in [0.5, 0.6) is 0 Å². The molecule has 0 saturated carbocycles. The number of anilines is 1. The van der Waals surface area contributed by atoms with E-state index in [2.05, 4.69) is 15.6 Å². The molecule has 0 bridgehead atoms. The second-order valence-electron chi connectivity index (χ2n) is 3.80. The van der Waals surface area contributed by atoms with Crippen molar-refractivity contribution in [3.63, 3.8) is 0 Å². The van der Waals surface area contributed by atoms with Crippen molar-refractivity contribution in [1.82, 2.24) is 15.0 Å². The lowest BCUT2D eigenvalue weighted by Gasteiger charge is -2.05. The summed E-state index contributed by atoms with van der Waals surface area (Å²) in [6, 6.07) is 1.72. The summed E-state index contributed by atoms with van der Waals surface area (Å²) >= 11 is 0. The van der Waals surface area contributed by atoms with Crippen LogP contribution in [-0.4, -0.2) is 26.7 Å². The van der Waals surface area contributed by atoms with Gasteiger partial charge in [-0.15, -0.1) is 5.10 Å². The van der Waals surface area contributed by atoms with Crippen molar-refractivity contribution in [3.05, 3.63) is 41.5 Å².